The number of rotatable bonds is 4. The Morgan fingerprint density at radius 1 is 0.895 bits per heavy atom. The second kappa shape index (κ2) is 8.39. The first kappa shape index (κ1) is 15.3. The van der Waals surface area contributed by atoms with Crippen LogP contribution < -0.4 is 0 Å². The predicted molar refractivity (Wildman–Crippen MR) is 78.4 cm³/mol. The largest absolute Gasteiger partial charge is 0.255 e. The Bertz CT molecular complexity index is 533. The van der Waals surface area contributed by atoms with Crippen LogP contribution >= 0.6 is 0 Å². The molecule has 2 rings (SSSR count). The van der Waals surface area contributed by atoms with Crippen LogP contribution in [0.2, 0.25) is 0 Å². The Labute approximate surface area is 124 Å². The van der Waals surface area contributed by atoms with Crippen molar-refractivity contribution in [3.63, 3.8) is 0 Å². The molecule has 0 radical (unpaired) electrons. The molecule has 0 unspecified atom stereocenters. The van der Waals surface area contributed by atoms with Gasteiger partial charge >= 0.3 is 0 Å². The molecule has 0 aliphatic rings. The minimum absolute atomic E-state index is 0. The second-order valence-corrected chi connectivity index (χ2v) is 3.89. The van der Waals surface area contributed by atoms with Crippen LogP contribution in [-0.2, 0) is 16.5 Å². The van der Waals surface area contributed by atoms with Gasteiger partial charge in [-0.2, -0.15) is 0 Å². The van der Waals surface area contributed by atoms with E-state index in [1.165, 1.54) is 0 Å². The van der Waals surface area contributed by atoms with E-state index in [0.717, 1.165) is 23.5 Å². The summed E-state index contributed by atoms with van der Waals surface area (Å²) in [5.41, 5.74) is 2.89. The van der Waals surface area contributed by atoms with E-state index in [1.807, 2.05) is 66.9 Å². The fourth-order valence-electron chi connectivity index (χ4n) is 1.53. The molecular formula is C16H16N2Ni. The molecular weight excluding hydrogens is 279 g/mol. The molecule has 0 aromatic heterocycles. The number of benzene rings is 2. The number of para-hydroxylation sites is 2. The summed E-state index contributed by atoms with van der Waals surface area (Å²) in [7, 11) is 0. The summed E-state index contributed by atoms with van der Waals surface area (Å²) in [6.07, 6.45) is 2.70. The van der Waals surface area contributed by atoms with Crippen molar-refractivity contribution in [1.29, 1.82) is 0 Å². The average molecular weight is 295 g/mol. The average Bonchev–Trinajstić information content (AvgIpc) is 2.45. The molecule has 0 bridgehead atoms. The zero-order valence-electron chi connectivity index (χ0n) is 10.8. The molecule has 0 aliphatic heterocycles. The van der Waals surface area contributed by atoms with Crippen LogP contribution in [0.4, 0.5) is 11.4 Å². The molecule has 0 fully saturated rings. The molecule has 100 valence electrons. The zero-order chi connectivity index (χ0) is 12.6. The minimum atomic E-state index is 0. The summed E-state index contributed by atoms with van der Waals surface area (Å²) < 4.78 is 0. The van der Waals surface area contributed by atoms with Gasteiger partial charge in [-0.25, -0.2) is 0 Å². The van der Waals surface area contributed by atoms with Gasteiger partial charge in [0.25, 0.3) is 0 Å². The molecule has 0 atom stereocenters. The van der Waals surface area contributed by atoms with Crippen molar-refractivity contribution in [2.45, 2.75) is 13.3 Å². The fraction of sp³-hybridized carbons (Fsp3) is 0.125. The van der Waals surface area contributed by atoms with Gasteiger partial charge in [0.15, 0.2) is 0 Å². The molecule has 19 heavy (non-hydrogen) atoms. The van der Waals surface area contributed by atoms with Gasteiger partial charge < -0.3 is 0 Å². The van der Waals surface area contributed by atoms with Crippen LogP contribution in [0.3, 0.4) is 0 Å². The van der Waals surface area contributed by atoms with Crippen molar-refractivity contribution in [2.24, 2.45) is 9.98 Å². The van der Waals surface area contributed by atoms with Gasteiger partial charge in [-0.1, -0.05) is 43.3 Å². The molecule has 0 saturated carbocycles. The first-order chi connectivity index (χ1) is 8.88. The normalized spacial score (nSPS) is 11.3. The van der Waals surface area contributed by atoms with E-state index in [-0.39, 0.29) is 16.5 Å². The summed E-state index contributed by atoms with van der Waals surface area (Å²) in [5.74, 6) is 0. The third-order valence-corrected chi connectivity index (χ3v) is 2.51. The number of nitrogens with zero attached hydrogens (tertiary/aromatic N) is 2. The molecule has 2 nitrogen and oxygen atoms in total. The third kappa shape index (κ3) is 5.19. The quantitative estimate of drug-likeness (QED) is 0.583. The van der Waals surface area contributed by atoms with Gasteiger partial charge in [0.1, 0.15) is 0 Å². The van der Waals surface area contributed by atoms with Gasteiger partial charge in [0.05, 0.1) is 17.1 Å². The summed E-state index contributed by atoms with van der Waals surface area (Å²) in [5, 5.41) is 0. The van der Waals surface area contributed by atoms with Gasteiger partial charge in [0, 0.05) is 22.7 Å². The van der Waals surface area contributed by atoms with E-state index in [2.05, 4.69) is 16.9 Å². The molecule has 0 saturated heterocycles. The maximum Gasteiger partial charge on any atom is 0.0633 e. The van der Waals surface area contributed by atoms with Crippen LogP contribution in [-0.4, -0.2) is 11.9 Å². The standard InChI is InChI=1S/C16H16N2.Ni/c1-2-14(18-16-11-7-4-8-12-16)13-17-15-9-5-3-6-10-15;/h3-13H,2H2,1H3;. The van der Waals surface area contributed by atoms with Crippen molar-refractivity contribution < 1.29 is 16.5 Å². The Kier molecular flexibility index (Phi) is 6.77. The Morgan fingerprint density at radius 3 is 1.95 bits per heavy atom. The molecule has 0 spiro atoms. The second-order valence-electron chi connectivity index (χ2n) is 3.89. The zero-order valence-corrected chi connectivity index (χ0v) is 11.8. The topological polar surface area (TPSA) is 24.7 Å². The molecule has 2 aromatic rings. The van der Waals surface area contributed by atoms with Crippen molar-refractivity contribution in [2.75, 3.05) is 0 Å². The Hall–Kier alpha value is -1.73. The van der Waals surface area contributed by atoms with Crippen molar-refractivity contribution in [3.8, 4) is 0 Å². The first-order valence-electron chi connectivity index (χ1n) is 6.10. The monoisotopic (exact) mass is 294 g/mol. The smallest absolute Gasteiger partial charge is 0.0633 e. The van der Waals surface area contributed by atoms with Crippen LogP contribution in [0.1, 0.15) is 13.3 Å². The number of hydrogen-bond donors (Lipinski definition) is 0. The summed E-state index contributed by atoms with van der Waals surface area (Å²) >= 11 is 0. The predicted octanol–water partition coefficient (Wildman–Crippen LogP) is 4.57. The third-order valence-electron chi connectivity index (χ3n) is 2.51. The summed E-state index contributed by atoms with van der Waals surface area (Å²) in [4.78, 5) is 8.98. The van der Waals surface area contributed by atoms with Crippen LogP contribution in [0.5, 0.6) is 0 Å². The van der Waals surface area contributed by atoms with Gasteiger partial charge in [0.2, 0.25) is 0 Å². The van der Waals surface area contributed by atoms with E-state index < -0.39 is 0 Å². The first-order valence-corrected chi connectivity index (χ1v) is 6.10. The van der Waals surface area contributed by atoms with E-state index in [4.69, 9.17) is 0 Å². The Balaban J connectivity index is 0.00000180. The van der Waals surface area contributed by atoms with Gasteiger partial charge in [-0.3, -0.25) is 9.98 Å². The maximum atomic E-state index is 4.56. The van der Waals surface area contributed by atoms with Gasteiger partial charge in [-0.05, 0) is 30.7 Å². The maximum absolute atomic E-state index is 4.56. The molecule has 0 heterocycles. The van der Waals surface area contributed by atoms with Crippen LogP contribution in [0.25, 0.3) is 0 Å². The van der Waals surface area contributed by atoms with E-state index in [1.54, 1.807) is 0 Å². The van der Waals surface area contributed by atoms with Gasteiger partial charge in [-0.15, -0.1) is 0 Å². The Morgan fingerprint density at radius 2 is 1.42 bits per heavy atom. The fourth-order valence-corrected chi connectivity index (χ4v) is 1.53. The van der Waals surface area contributed by atoms with Crippen LogP contribution in [0, 0.1) is 0 Å². The summed E-state index contributed by atoms with van der Waals surface area (Å²) in [6.45, 7) is 2.08. The molecule has 2 aromatic carbocycles. The van der Waals surface area contributed by atoms with Crippen molar-refractivity contribution in [1.82, 2.24) is 0 Å². The van der Waals surface area contributed by atoms with Crippen molar-refractivity contribution >= 4 is 23.3 Å². The SMILES string of the molecule is CCC(C=Nc1ccccc1)=Nc1ccccc1.[Ni]. The minimum Gasteiger partial charge on any atom is -0.255 e. The van der Waals surface area contributed by atoms with E-state index in [0.29, 0.717) is 0 Å². The molecule has 0 amide bonds. The van der Waals surface area contributed by atoms with Crippen molar-refractivity contribution in [3.05, 3.63) is 60.7 Å². The number of hydrogen-bond acceptors (Lipinski definition) is 2. The van der Waals surface area contributed by atoms with E-state index >= 15 is 0 Å². The van der Waals surface area contributed by atoms with E-state index in [9.17, 15) is 0 Å². The number of aliphatic imine (C=N–C) groups is 2. The molecule has 3 heteroatoms. The molecule has 0 N–H and O–H groups in total. The molecule has 0 aliphatic carbocycles. The van der Waals surface area contributed by atoms with Crippen LogP contribution in [0.15, 0.2) is 70.6 Å². The summed E-state index contributed by atoms with van der Waals surface area (Å²) in [6, 6.07) is 19.8.